The van der Waals surface area contributed by atoms with Crippen molar-refractivity contribution in [2.75, 3.05) is 12.3 Å². The van der Waals surface area contributed by atoms with Crippen molar-refractivity contribution in [2.45, 2.75) is 13.0 Å². The van der Waals surface area contributed by atoms with Crippen LogP contribution in [0.3, 0.4) is 0 Å². The maximum absolute atomic E-state index is 5.68. The van der Waals surface area contributed by atoms with Crippen LogP contribution in [-0.2, 0) is 17.8 Å². The van der Waals surface area contributed by atoms with Crippen LogP contribution in [0.15, 0.2) is 4.73 Å². The summed E-state index contributed by atoms with van der Waals surface area (Å²) in [6, 6.07) is 0. The van der Waals surface area contributed by atoms with Crippen LogP contribution >= 0.6 is 15.9 Å². The highest BCUT2D eigenvalue weighted by Gasteiger charge is 2.15. The van der Waals surface area contributed by atoms with Gasteiger partial charge in [-0.1, -0.05) is 0 Å². The first kappa shape index (κ1) is 7.94. The fourth-order valence-electron chi connectivity index (χ4n) is 1.23. The van der Waals surface area contributed by atoms with Gasteiger partial charge in [-0.15, -0.1) is 0 Å². The van der Waals surface area contributed by atoms with Gasteiger partial charge >= 0.3 is 0 Å². The van der Waals surface area contributed by atoms with Gasteiger partial charge in [-0.3, -0.25) is 0 Å². The molecule has 0 bridgehead atoms. The maximum atomic E-state index is 5.68. The number of rotatable bonds is 0. The minimum Gasteiger partial charge on any atom is -0.383 e. The molecule has 64 valence electrons. The second-order valence-corrected chi connectivity index (χ2v) is 3.31. The van der Waals surface area contributed by atoms with E-state index in [-0.39, 0.29) is 0 Å². The number of hydrogen-bond acceptors (Lipinski definition) is 4. The molecule has 0 spiro atoms. The zero-order valence-corrected chi connectivity index (χ0v) is 7.97. The Labute approximate surface area is 78.3 Å². The molecule has 0 radical (unpaired) electrons. The summed E-state index contributed by atoms with van der Waals surface area (Å²) in [5, 5.41) is 0. The van der Waals surface area contributed by atoms with E-state index in [0.29, 0.717) is 17.2 Å². The molecule has 0 amide bonds. The third-order valence-corrected chi connectivity index (χ3v) is 2.18. The number of ether oxygens (including phenoxy) is 1. The summed E-state index contributed by atoms with van der Waals surface area (Å²) in [4.78, 5) is 8.21. The van der Waals surface area contributed by atoms with E-state index in [2.05, 4.69) is 25.9 Å². The lowest BCUT2D eigenvalue weighted by atomic mass is 10.1. The van der Waals surface area contributed by atoms with Crippen LogP contribution in [0, 0.1) is 0 Å². The van der Waals surface area contributed by atoms with Crippen LogP contribution in [0.4, 0.5) is 5.82 Å². The molecule has 0 atom stereocenters. The molecular formula is C7H8BrN3O. The molecule has 2 heterocycles. The number of aromatic nitrogens is 2. The van der Waals surface area contributed by atoms with E-state index in [0.717, 1.165) is 24.3 Å². The lowest BCUT2D eigenvalue weighted by molar-refractivity contribution is 0.109. The molecule has 1 aliphatic heterocycles. The predicted octanol–water partition coefficient (Wildman–Crippen LogP) is 0.894. The number of anilines is 1. The van der Waals surface area contributed by atoms with Gasteiger partial charge in [-0.05, 0) is 15.9 Å². The van der Waals surface area contributed by atoms with Crippen LogP contribution in [0.25, 0.3) is 0 Å². The van der Waals surface area contributed by atoms with E-state index in [1.807, 2.05) is 0 Å². The van der Waals surface area contributed by atoms with Crippen LogP contribution in [0.5, 0.6) is 0 Å². The van der Waals surface area contributed by atoms with Crippen molar-refractivity contribution in [3.63, 3.8) is 0 Å². The summed E-state index contributed by atoms with van der Waals surface area (Å²) >= 11 is 3.20. The number of hydrogen-bond donors (Lipinski definition) is 1. The van der Waals surface area contributed by atoms with Crippen molar-refractivity contribution < 1.29 is 4.74 Å². The molecule has 4 nitrogen and oxygen atoms in total. The molecular weight excluding hydrogens is 222 g/mol. The van der Waals surface area contributed by atoms with Crippen molar-refractivity contribution in [1.29, 1.82) is 0 Å². The molecule has 2 rings (SSSR count). The summed E-state index contributed by atoms with van der Waals surface area (Å²) in [7, 11) is 0. The van der Waals surface area contributed by atoms with E-state index in [1.165, 1.54) is 0 Å². The third kappa shape index (κ3) is 1.30. The monoisotopic (exact) mass is 229 g/mol. The van der Waals surface area contributed by atoms with Crippen molar-refractivity contribution in [3.8, 4) is 0 Å². The average Bonchev–Trinajstić information content (AvgIpc) is 2.04. The van der Waals surface area contributed by atoms with Crippen molar-refractivity contribution in [3.05, 3.63) is 16.0 Å². The molecule has 1 aliphatic rings. The predicted molar refractivity (Wildman–Crippen MR) is 47.5 cm³/mol. The quantitative estimate of drug-likeness (QED) is 0.672. The number of halogens is 1. The standard InChI is InChI=1S/C7H8BrN3O/c8-7-10-5-1-2-12-3-4(5)6(9)11-7/h1-3H2,(H2,9,10,11). The Kier molecular flexibility index (Phi) is 1.98. The SMILES string of the molecule is Nc1nc(Br)nc2c1COCC2. The summed E-state index contributed by atoms with van der Waals surface area (Å²) in [6.45, 7) is 1.25. The zero-order chi connectivity index (χ0) is 8.55. The minimum absolute atomic E-state index is 0.520. The van der Waals surface area contributed by atoms with E-state index in [4.69, 9.17) is 10.5 Å². The van der Waals surface area contributed by atoms with Gasteiger partial charge in [0.2, 0.25) is 0 Å². The molecule has 0 saturated carbocycles. The summed E-state index contributed by atoms with van der Waals surface area (Å²) in [5.74, 6) is 0.520. The number of nitrogen functional groups attached to an aromatic ring is 1. The highest BCUT2D eigenvalue weighted by molar-refractivity contribution is 9.10. The molecule has 0 fully saturated rings. The topological polar surface area (TPSA) is 61.0 Å². The van der Waals surface area contributed by atoms with Crippen LogP contribution in [0.1, 0.15) is 11.3 Å². The highest BCUT2D eigenvalue weighted by Crippen LogP contribution is 2.21. The molecule has 12 heavy (non-hydrogen) atoms. The molecule has 5 heteroatoms. The third-order valence-electron chi connectivity index (χ3n) is 1.83. The summed E-state index contributed by atoms with van der Waals surface area (Å²) in [6.07, 6.45) is 0.820. The van der Waals surface area contributed by atoms with Gasteiger partial charge in [0.15, 0.2) is 4.73 Å². The average molecular weight is 230 g/mol. The zero-order valence-electron chi connectivity index (χ0n) is 6.38. The van der Waals surface area contributed by atoms with Gasteiger partial charge in [-0.2, -0.15) is 0 Å². The first-order chi connectivity index (χ1) is 5.77. The Morgan fingerprint density at radius 3 is 3.08 bits per heavy atom. The molecule has 2 N–H and O–H groups in total. The number of fused-ring (bicyclic) bond motifs is 1. The maximum Gasteiger partial charge on any atom is 0.198 e. The van der Waals surface area contributed by atoms with Gasteiger partial charge < -0.3 is 10.5 Å². The van der Waals surface area contributed by atoms with Crippen molar-refractivity contribution in [2.24, 2.45) is 0 Å². The number of nitrogens with zero attached hydrogens (tertiary/aromatic N) is 2. The first-order valence-electron chi connectivity index (χ1n) is 3.66. The van der Waals surface area contributed by atoms with Gasteiger partial charge in [0, 0.05) is 12.0 Å². The molecule has 1 aromatic rings. The second-order valence-electron chi connectivity index (χ2n) is 2.61. The van der Waals surface area contributed by atoms with E-state index in [1.54, 1.807) is 0 Å². The summed E-state index contributed by atoms with van der Waals surface area (Å²) in [5.41, 5.74) is 7.62. The molecule has 1 aromatic heterocycles. The van der Waals surface area contributed by atoms with Crippen LogP contribution in [0.2, 0.25) is 0 Å². The Morgan fingerprint density at radius 1 is 1.42 bits per heavy atom. The molecule has 0 aromatic carbocycles. The minimum atomic E-state index is 0.520. The van der Waals surface area contributed by atoms with Gasteiger partial charge in [0.25, 0.3) is 0 Å². The van der Waals surface area contributed by atoms with E-state index >= 15 is 0 Å². The fraction of sp³-hybridized carbons (Fsp3) is 0.429. The second kappa shape index (κ2) is 2.99. The van der Waals surface area contributed by atoms with E-state index < -0.39 is 0 Å². The van der Waals surface area contributed by atoms with Gasteiger partial charge in [0.1, 0.15) is 5.82 Å². The lowest BCUT2D eigenvalue weighted by Gasteiger charge is -2.16. The Hall–Kier alpha value is -0.680. The van der Waals surface area contributed by atoms with Crippen molar-refractivity contribution in [1.82, 2.24) is 9.97 Å². The summed E-state index contributed by atoms with van der Waals surface area (Å²) < 4.78 is 5.80. The van der Waals surface area contributed by atoms with Gasteiger partial charge in [0.05, 0.1) is 18.9 Å². The molecule has 0 unspecified atom stereocenters. The lowest BCUT2D eigenvalue weighted by Crippen LogP contribution is -2.15. The van der Waals surface area contributed by atoms with Crippen LogP contribution in [-0.4, -0.2) is 16.6 Å². The number of nitrogens with two attached hydrogens (primary N) is 1. The van der Waals surface area contributed by atoms with Gasteiger partial charge in [-0.25, -0.2) is 9.97 Å². The Balaban J connectivity index is 2.53. The Bertz CT molecular complexity index is 316. The normalized spacial score (nSPS) is 15.8. The molecule has 0 saturated heterocycles. The fourth-order valence-corrected chi connectivity index (χ4v) is 1.63. The van der Waals surface area contributed by atoms with Crippen LogP contribution < -0.4 is 5.73 Å². The molecule has 0 aliphatic carbocycles. The highest BCUT2D eigenvalue weighted by atomic mass is 79.9. The first-order valence-corrected chi connectivity index (χ1v) is 4.45. The van der Waals surface area contributed by atoms with E-state index in [9.17, 15) is 0 Å². The van der Waals surface area contributed by atoms with Crippen molar-refractivity contribution >= 4 is 21.7 Å². The largest absolute Gasteiger partial charge is 0.383 e. The Morgan fingerprint density at radius 2 is 2.25 bits per heavy atom. The smallest absolute Gasteiger partial charge is 0.198 e.